The summed E-state index contributed by atoms with van der Waals surface area (Å²) in [7, 11) is 0. The Morgan fingerprint density at radius 3 is 2.54 bits per heavy atom. The molecule has 6 nitrogen and oxygen atoms in total. The molecule has 3 rings (SSSR count). The monoisotopic (exact) mass is 326 g/mol. The molecule has 24 heavy (non-hydrogen) atoms. The van der Waals surface area contributed by atoms with Gasteiger partial charge in [0.15, 0.2) is 0 Å². The smallest absolute Gasteiger partial charge is 0.249 e. The van der Waals surface area contributed by atoms with Gasteiger partial charge in [-0.1, -0.05) is 29.8 Å². The largest absolute Gasteiger partial charge is 0.383 e. The average molecular weight is 326 g/mol. The predicted octanol–water partition coefficient (Wildman–Crippen LogP) is 2.03. The molecule has 0 atom stereocenters. The Bertz CT molecular complexity index is 727. The number of H-pyrrole nitrogens is 1. The summed E-state index contributed by atoms with van der Waals surface area (Å²) in [5, 5.41) is 20.9. The SMILES string of the molecule is C/C(=C\c1ccc(C)cc1)C(=O)N1CCC(O)(c2cn[nH]n2)CC1. The van der Waals surface area contributed by atoms with Crippen molar-refractivity contribution in [1.82, 2.24) is 20.3 Å². The van der Waals surface area contributed by atoms with Gasteiger partial charge in [-0.25, -0.2) is 0 Å². The van der Waals surface area contributed by atoms with Crippen molar-refractivity contribution >= 4 is 12.0 Å². The number of aromatic amines is 1. The number of piperidine rings is 1. The maximum atomic E-state index is 12.6. The lowest BCUT2D eigenvalue weighted by atomic mass is 9.88. The van der Waals surface area contributed by atoms with Crippen LogP contribution in [0.3, 0.4) is 0 Å². The molecule has 1 aliphatic heterocycles. The zero-order valence-electron chi connectivity index (χ0n) is 14.0. The van der Waals surface area contributed by atoms with Crippen LogP contribution in [-0.2, 0) is 10.4 Å². The highest BCUT2D eigenvalue weighted by atomic mass is 16.3. The van der Waals surface area contributed by atoms with Gasteiger partial charge in [0.25, 0.3) is 0 Å². The lowest BCUT2D eigenvalue weighted by Crippen LogP contribution is -2.45. The number of aromatic nitrogens is 3. The number of amides is 1. The third kappa shape index (κ3) is 3.38. The van der Waals surface area contributed by atoms with Crippen LogP contribution >= 0.6 is 0 Å². The van der Waals surface area contributed by atoms with Crippen LogP contribution < -0.4 is 0 Å². The second-order valence-electron chi connectivity index (χ2n) is 6.42. The molecule has 0 aliphatic carbocycles. The molecule has 0 spiro atoms. The summed E-state index contributed by atoms with van der Waals surface area (Å²) >= 11 is 0. The van der Waals surface area contributed by atoms with E-state index in [1.807, 2.05) is 44.2 Å². The molecule has 1 aliphatic rings. The standard InChI is InChI=1S/C18H22N4O2/c1-13-3-5-15(6-4-13)11-14(2)17(23)22-9-7-18(24,8-10-22)16-12-19-21-20-16/h3-6,11-12,24H,7-10H2,1-2H3,(H,19,20,21)/b14-11+. The maximum Gasteiger partial charge on any atom is 0.249 e. The lowest BCUT2D eigenvalue weighted by Gasteiger charge is -2.37. The number of nitrogens with one attached hydrogen (secondary N) is 1. The Hall–Kier alpha value is -2.47. The van der Waals surface area contributed by atoms with E-state index in [0.29, 0.717) is 37.2 Å². The molecular formula is C18H22N4O2. The highest BCUT2D eigenvalue weighted by Gasteiger charge is 2.37. The van der Waals surface area contributed by atoms with Gasteiger partial charge in [0.1, 0.15) is 11.3 Å². The summed E-state index contributed by atoms with van der Waals surface area (Å²) in [5.41, 5.74) is 2.45. The van der Waals surface area contributed by atoms with Gasteiger partial charge in [0, 0.05) is 18.7 Å². The molecule has 1 aromatic carbocycles. The maximum absolute atomic E-state index is 12.6. The normalized spacial score (nSPS) is 17.8. The van der Waals surface area contributed by atoms with Crippen LogP contribution in [0.1, 0.15) is 36.6 Å². The van der Waals surface area contributed by atoms with E-state index >= 15 is 0 Å². The van der Waals surface area contributed by atoms with Crippen LogP contribution in [0, 0.1) is 6.92 Å². The summed E-state index contributed by atoms with van der Waals surface area (Å²) in [5.74, 6) is 0.0118. The number of benzene rings is 1. The first-order chi connectivity index (χ1) is 11.5. The van der Waals surface area contributed by atoms with Crippen molar-refractivity contribution in [3.05, 3.63) is 52.9 Å². The van der Waals surface area contributed by atoms with E-state index in [0.717, 1.165) is 5.56 Å². The number of hydrogen-bond acceptors (Lipinski definition) is 4. The summed E-state index contributed by atoms with van der Waals surface area (Å²) in [6.07, 6.45) is 4.37. The molecule has 2 heterocycles. The minimum Gasteiger partial charge on any atom is -0.383 e. The Kier molecular flexibility index (Phi) is 4.49. The van der Waals surface area contributed by atoms with Crippen LogP contribution in [0.2, 0.25) is 0 Å². The van der Waals surface area contributed by atoms with Crippen LogP contribution in [0.15, 0.2) is 36.0 Å². The molecule has 1 saturated heterocycles. The van der Waals surface area contributed by atoms with E-state index in [2.05, 4.69) is 15.4 Å². The number of carbonyl (C=O) groups excluding carboxylic acids is 1. The molecule has 0 unspecified atom stereocenters. The highest BCUT2D eigenvalue weighted by Crippen LogP contribution is 2.31. The first kappa shape index (κ1) is 16.4. The lowest BCUT2D eigenvalue weighted by molar-refractivity contribution is -0.131. The molecule has 0 saturated carbocycles. The second-order valence-corrected chi connectivity index (χ2v) is 6.42. The van der Waals surface area contributed by atoms with Crippen molar-refractivity contribution in [2.75, 3.05) is 13.1 Å². The number of hydrogen-bond donors (Lipinski definition) is 2. The molecule has 126 valence electrons. The number of aliphatic hydroxyl groups is 1. The summed E-state index contributed by atoms with van der Waals surface area (Å²) in [4.78, 5) is 14.4. The van der Waals surface area contributed by atoms with E-state index in [4.69, 9.17) is 0 Å². The van der Waals surface area contributed by atoms with E-state index < -0.39 is 5.60 Å². The Morgan fingerprint density at radius 2 is 1.96 bits per heavy atom. The minimum absolute atomic E-state index is 0.0118. The van der Waals surface area contributed by atoms with Crippen molar-refractivity contribution in [2.24, 2.45) is 0 Å². The number of carbonyl (C=O) groups is 1. The quantitative estimate of drug-likeness (QED) is 0.846. The summed E-state index contributed by atoms with van der Waals surface area (Å²) in [6, 6.07) is 8.07. The molecular weight excluding hydrogens is 304 g/mol. The van der Waals surface area contributed by atoms with Gasteiger partial charge in [0.05, 0.1) is 6.20 Å². The van der Waals surface area contributed by atoms with E-state index in [1.54, 1.807) is 11.1 Å². The van der Waals surface area contributed by atoms with Crippen molar-refractivity contribution < 1.29 is 9.90 Å². The number of aryl methyl sites for hydroxylation is 1. The predicted molar refractivity (Wildman–Crippen MR) is 90.9 cm³/mol. The molecule has 2 N–H and O–H groups in total. The van der Waals surface area contributed by atoms with E-state index in [1.165, 1.54) is 5.56 Å². The van der Waals surface area contributed by atoms with E-state index in [9.17, 15) is 9.90 Å². The van der Waals surface area contributed by atoms with Gasteiger partial charge >= 0.3 is 0 Å². The van der Waals surface area contributed by atoms with Gasteiger partial charge in [-0.05, 0) is 38.3 Å². The number of nitrogens with zero attached hydrogens (tertiary/aromatic N) is 3. The summed E-state index contributed by atoms with van der Waals surface area (Å²) < 4.78 is 0. The third-order valence-electron chi connectivity index (χ3n) is 4.57. The molecule has 0 bridgehead atoms. The van der Waals surface area contributed by atoms with Crippen LogP contribution in [0.25, 0.3) is 6.08 Å². The number of rotatable bonds is 3. The Labute approximate surface area is 141 Å². The van der Waals surface area contributed by atoms with Crippen molar-refractivity contribution in [1.29, 1.82) is 0 Å². The fourth-order valence-corrected chi connectivity index (χ4v) is 2.99. The second kappa shape index (κ2) is 6.57. The van der Waals surface area contributed by atoms with E-state index in [-0.39, 0.29) is 5.91 Å². The van der Waals surface area contributed by atoms with Gasteiger partial charge < -0.3 is 10.0 Å². The van der Waals surface area contributed by atoms with Crippen molar-refractivity contribution in [3.63, 3.8) is 0 Å². The third-order valence-corrected chi connectivity index (χ3v) is 4.57. The average Bonchev–Trinajstić information content (AvgIpc) is 3.12. The first-order valence-electron chi connectivity index (χ1n) is 8.11. The Balaban J connectivity index is 1.65. The fraction of sp³-hybridized carbons (Fsp3) is 0.389. The van der Waals surface area contributed by atoms with Gasteiger partial charge in [-0.3, -0.25) is 4.79 Å². The van der Waals surface area contributed by atoms with Gasteiger partial charge in [-0.2, -0.15) is 15.4 Å². The molecule has 1 amide bonds. The van der Waals surface area contributed by atoms with Crippen molar-refractivity contribution in [3.8, 4) is 0 Å². The van der Waals surface area contributed by atoms with Crippen LogP contribution in [0.4, 0.5) is 0 Å². The topological polar surface area (TPSA) is 82.1 Å². The first-order valence-corrected chi connectivity index (χ1v) is 8.11. The molecule has 1 fully saturated rings. The highest BCUT2D eigenvalue weighted by molar-refractivity contribution is 5.97. The van der Waals surface area contributed by atoms with Gasteiger partial charge in [0.2, 0.25) is 5.91 Å². The number of likely N-dealkylation sites (tertiary alicyclic amines) is 1. The van der Waals surface area contributed by atoms with Crippen LogP contribution in [0.5, 0.6) is 0 Å². The zero-order valence-corrected chi connectivity index (χ0v) is 14.0. The van der Waals surface area contributed by atoms with Crippen molar-refractivity contribution in [2.45, 2.75) is 32.3 Å². The molecule has 6 heteroatoms. The van der Waals surface area contributed by atoms with Gasteiger partial charge in [-0.15, -0.1) is 0 Å². The molecule has 2 aromatic rings. The molecule has 0 radical (unpaired) electrons. The summed E-state index contributed by atoms with van der Waals surface area (Å²) in [6.45, 7) is 4.87. The minimum atomic E-state index is -1.00. The zero-order chi connectivity index (χ0) is 17.2. The fourth-order valence-electron chi connectivity index (χ4n) is 2.99. The molecule has 1 aromatic heterocycles. The Morgan fingerprint density at radius 1 is 1.29 bits per heavy atom. The van der Waals surface area contributed by atoms with Crippen LogP contribution in [-0.4, -0.2) is 44.4 Å².